The number of amides is 1. The maximum atomic E-state index is 13.2. The van der Waals surface area contributed by atoms with E-state index in [2.05, 4.69) is 10.1 Å². The van der Waals surface area contributed by atoms with E-state index in [1.807, 2.05) is 42.5 Å². The largest absolute Gasteiger partial charge is 0.471 e. The van der Waals surface area contributed by atoms with E-state index in [9.17, 15) is 18.0 Å². The standard InChI is InChI=1S/C24H18F3N3O3S/c25-24(26,27)22(31)30-14-6-7-15(30)10-13(9-14)20-16-3-1-2-4-18(16)32-19-11-12(5-8-17(19)20)21-28-23(34)33-29-21/h1-5,8,11,14-15H,6-7,9-10H2,(H,28,29,34). The van der Waals surface area contributed by atoms with Gasteiger partial charge >= 0.3 is 16.9 Å². The zero-order valence-electron chi connectivity index (χ0n) is 17.7. The van der Waals surface area contributed by atoms with Crippen LogP contribution in [0, 0.1) is 4.84 Å². The SMILES string of the molecule is O=C(N1C2CCC1CC(=C1c3ccccc3Oc3cc(-c4nc(=S)o[nH]4)ccc31)C2)C(F)(F)F. The molecule has 3 aliphatic heterocycles. The van der Waals surface area contributed by atoms with Crippen LogP contribution in [0.4, 0.5) is 13.2 Å². The number of para-hydroxylation sites is 1. The Hall–Kier alpha value is -3.40. The maximum Gasteiger partial charge on any atom is 0.471 e. The Morgan fingerprint density at radius 3 is 2.44 bits per heavy atom. The Kier molecular flexibility index (Phi) is 4.70. The smallest absolute Gasteiger partial charge is 0.456 e. The minimum atomic E-state index is -4.86. The van der Waals surface area contributed by atoms with Crippen molar-refractivity contribution in [2.75, 3.05) is 0 Å². The van der Waals surface area contributed by atoms with E-state index in [1.54, 1.807) is 0 Å². The van der Waals surface area contributed by atoms with Crippen molar-refractivity contribution in [3.8, 4) is 22.9 Å². The van der Waals surface area contributed by atoms with E-state index < -0.39 is 24.2 Å². The van der Waals surface area contributed by atoms with Crippen LogP contribution < -0.4 is 4.74 Å². The number of H-pyrrole nitrogens is 1. The third kappa shape index (κ3) is 3.35. The molecular weight excluding hydrogens is 467 g/mol. The lowest BCUT2D eigenvalue weighted by Gasteiger charge is -2.38. The van der Waals surface area contributed by atoms with Gasteiger partial charge in [0.1, 0.15) is 11.5 Å². The zero-order chi connectivity index (χ0) is 23.6. The first kappa shape index (κ1) is 21.2. The van der Waals surface area contributed by atoms with Gasteiger partial charge in [-0.1, -0.05) is 29.8 Å². The molecule has 0 aliphatic carbocycles. The molecule has 1 N–H and O–H groups in total. The summed E-state index contributed by atoms with van der Waals surface area (Å²) in [5, 5.41) is 2.68. The molecular formula is C24H18F3N3O3S. The summed E-state index contributed by atoms with van der Waals surface area (Å²) in [7, 11) is 0. The monoisotopic (exact) mass is 485 g/mol. The first-order valence-corrected chi connectivity index (χ1v) is 11.3. The Labute approximate surface area is 197 Å². The Balaban J connectivity index is 1.45. The summed E-state index contributed by atoms with van der Waals surface area (Å²) in [6.45, 7) is 0. The van der Waals surface area contributed by atoms with Gasteiger partial charge < -0.3 is 14.2 Å². The molecule has 2 unspecified atom stereocenters. The number of nitrogens with zero attached hydrogens (tertiary/aromatic N) is 2. The second-order valence-corrected chi connectivity index (χ2v) is 9.07. The number of carbonyl (C=O) groups is 1. The summed E-state index contributed by atoms with van der Waals surface area (Å²) in [6.07, 6.45) is -2.92. The van der Waals surface area contributed by atoms with Crippen LogP contribution >= 0.6 is 12.2 Å². The lowest BCUT2D eigenvalue weighted by Crippen LogP contribution is -2.50. The number of halogens is 3. The van der Waals surface area contributed by atoms with Crippen LogP contribution in [-0.4, -0.2) is 39.2 Å². The molecule has 6 nitrogen and oxygen atoms in total. The quantitative estimate of drug-likeness (QED) is 0.334. The molecule has 2 saturated heterocycles. The molecule has 0 saturated carbocycles. The average molecular weight is 485 g/mol. The summed E-state index contributed by atoms with van der Waals surface area (Å²) in [6, 6.07) is 12.3. The Morgan fingerprint density at radius 1 is 1.06 bits per heavy atom. The average Bonchev–Trinajstić information content (AvgIpc) is 3.35. The summed E-state index contributed by atoms with van der Waals surface area (Å²) in [4.78, 5) is 17.4. The zero-order valence-corrected chi connectivity index (χ0v) is 18.5. The van der Waals surface area contributed by atoms with Crippen molar-refractivity contribution in [1.82, 2.24) is 15.0 Å². The molecule has 0 radical (unpaired) electrons. The Morgan fingerprint density at radius 2 is 1.76 bits per heavy atom. The highest BCUT2D eigenvalue weighted by atomic mass is 32.1. The molecule has 2 atom stereocenters. The highest BCUT2D eigenvalue weighted by Crippen LogP contribution is 2.50. The van der Waals surface area contributed by atoms with Crippen LogP contribution in [0.2, 0.25) is 0 Å². The molecule has 2 aromatic carbocycles. The van der Waals surface area contributed by atoms with E-state index in [1.165, 1.54) is 0 Å². The van der Waals surface area contributed by atoms with E-state index >= 15 is 0 Å². The van der Waals surface area contributed by atoms with E-state index in [0.29, 0.717) is 43.0 Å². The fourth-order valence-electron chi connectivity index (χ4n) is 5.42. The highest BCUT2D eigenvalue weighted by Gasteiger charge is 2.51. The molecule has 10 heteroatoms. The summed E-state index contributed by atoms with van der Waals surface area (Å²) < 4.78 is 50.8. The van der Waals surface area contributed by atoms with Crippen molar-refractivity contribution >= 4 is 23.7 Å². The number of aromatic nitrogens is 2. The number of hydrogen-bond donors (Lipinski definition) is 1. The molecule has 2 fully saturated rings. The minimum Gasteiger partial charge on any atom is -0.456 e. The van der Waals surface area contributed by atoms with Gasteiger partial charge in [0, 0.05) is 28.8 Å². The number of ether oxygens (including phenoxy) is 1. The van der Waals surface area contributed by atoms with E-state index in [-0.39, 0.29) is 4.84 Å². The molecule has 3 aromatic rings. The number of carbonyl (C=O) groups excluding carboxylic acids is 1. The van der Waals surface area contributed by atoms with Crippen LogP contribution in [0.15, 0.2) is 52.6 Å². The van der Waals surface area contributed by atoms with Gasteiger partial charge in [-0.15, -0.1) is 0 Å². The lowest BCUT2D eigenvalue weighted by atomic mass is 9.83. The third-order valence-corrected chi connectivity index (χ3v) is 6.93. The van der Waals surface area contributed by atoms with Gasteiger partial charge in [-0.3, -0.25) is 4.79 Å². The third-order valence-electron chi connectivity index (χ3n) is 6.75. The van der Waals surface area contributed by atoms with Gasteiger partial charge in [0.2, 0.25) is 0 Å². The number of aromatic amines is 1. The van der Waals surface area contributed by atoms with Crippen LogP contribution in [-0.2, 0) is 4.79 Å². The van der Waals surface area contributed by atoms with Gasteiger partial charge in [0.15, 0.2) is 5.82 Å². The lowest BCUT2D eigenvalue weighted by molar-refractivity contribution is -0.189. The molecule has 1 amide bonds. The fraction of sp³-hybridized carbons (Fsp3) is 0.292. The van der Waals surface area contributed by atoms with Gasteiger partial charge in [-0.05, 0) is 61.7 Å². The molecule has 4 heterocycles. The molecule has 174 valence electrons. The predicted molar refractivity (Wildman–Crippen MR) is 119 cm³/mol. The number of hydrogen-bond acceptors (Lipinski definition) is 5. The van der Waals surface area contributed by atoms with Crippen molar-refractivity contribution < 1.29 is 27.2 Å². The number of fused-ring (bicyclic) bond motifs is 4. The van der Waals surface area contributed by atoms with Gasteiger partial charge in [-0.25, -0.2) is 5.16 Å². The number of alkyl halides is 3. The van der Waals surface area contributed by atoms with Crippen LogP contribution in [0.5, 0.6) is 11.5 Å². The van der Waals surface area contributed by atoms with Gasteiger partial charge in [0.05, 0.1) is 0 Å². The normalized spacial score (nSPS) is 21.2. The minimum absolute atomic E-state index is 0.0948. The number of rotatable bonds is 1. The summed E-state index contributed by atoms with van der Waals surface area (Å²) >= 11 is 4.94. The topological polar surface area (TPSA) is 71.4 Å². The van der Waals surface area contributed by atoms with Gasteiger partial charge in [0.25, 0.3) is 0 Å². The highest BCUT2D eigenvalue weighted by molar-refractivity contribution is 7.71. The van der Waals surface area contributed by atoms with Gasteiger partial charge in [-0.2, -0.15) is 18.2 Å². The van der Waals surface area contributed by atoms with Crippen molar-refractivity contribution in [2.24, 2.45) is 0 Å². The maximum absolute atomic E-state index is 13.2. The van der Waals surface area contributed by atoms with E-state index in [4.69, 9.17) is 21.5 Å². The second kappa shape index (κ2) is 7.56. The molecule has 2 bridgehead atoms. The molecule has 0 spiro atoms. The number of piperidine rings is 1. The second-order valence-electron chi connectivity index (χ2n) is 8.72. The molecule has 6 rings (SSSR count). The van der Waals surface area contributed by atoms with Crippen LogP contribution in [0.1, 0.15) is 36.8 Å². The molecule has 1 aromatic heterocycles. The van der Waals surface area contributed by atoms with Crippen molar-refractivity contribution in [3.05, 3.63) is 64.0 Å². The van der Waals surface area contributed by atoms with E-state index in [0.717, 1.165) is 32.7 Å². The summed E-state index contributed by atoms with van der Waals surface area (Å²) in [5.41, 5.74) is 4.49. The number of nitrogens with one attached hydrogen (secondary N) is 1. The molecule has 34 heavy (non-hydrogen) atoms. The number of benzene rings is 2. The fourth-order valence-corrected chi connectivity index (χ4v) is 5.55. The van der Waals surface area contributed by atoms with Crippen molar-refractivity contribution in [1.29, 1.82) is 0 Å². The first-order chi connectivity index (χ1) is 16.3. The molecule has 3 aliphatic rings. The predicted octanol–water partition coefficient (Wildman–Crippen LogP) is 6.02. The first-order valence-electron chi connectivity index (χ1n) is 10.9. The Bertz CT molecular complexity index is 1390. The summed E-state index contributed by atoms with van der Waals surface area (Å²) in [5.74, 6) is 0.0268. The van der Waals surface area contributed by atoms with Crippen LogP contribution in [0.3, 0.4) is 0 Å². The van der Waals surface area contributed by atoms with Crippen molar-refractivity contribution in [2.45, 2.75) is 43.9 Å². The van der Waals surface area contributed by atoms with Crippen LogP contribution in [0.25, 0.3) is 17.0 Å². The van der Waals surface area contributed by atoms with Crippen molar-refractivity contribution in [3.63, 3.8) is 0 Å².